The summed E-state index contributed by atoms with van der Waals surface area (Å²) in [5, 5.41) is 2.91. The van der Waals surface area contributed by atoms with Gasteiger partial charge in [-0.2, -0.15) is 0 Å². The molecule has 1 heterocycles. The minimum absolute atomic E-state index is 0.0396. The Morgan fingerprint density at radius 1 is 1.30 bits per heavy atom. The average Bonchev–Trinajstić information content (AvgIpc) is 2.86. The summed E-state index contributed by atoms with van der Waals surface area (Å²) in [7, 11) is 5.57. The van der Waals surface area contributed by atoms with Gasteiger partial charge in [-0.3, -0.25) is 4.79 Å². The van der Waals surface area contributed by atoms with Crippen LogP contribution in [-0.2, 0) is 0 Å². The second kappa shape index (κ2) is 8.02. The van der Waals surface area contributed by atoms with Crippen LogP contribution < -0.4 is 10.1 Å². The molecule has 124 valence electrons. The first kappa shape index (κ1) is 18.1. The SMILES string of the molecule is COc1ccc([C@@H](CNC(=O)c2cc(Cl)sc2Cl)N(C)C)cc1. The number of carbonyl (C=O) groups is 1. The molecule has 7 heteroatoms. The number of amides is 1. The maximum absolute atomic E-state index is 12.3. The standard InChI is InChI=1S/C16H18Cl2N2O2S/c1-20(2)13(10-4-6-11(22-3)7-5-10)9-19-16(21)12-8-14(17)23-15(12)18/h4-8,13H,9H2,1-3H3,(H,19,21)/t13-/m1/s1. The molecule has 23 heavy (non-hydrogen) atoms. The third-order valence-corrected chi connectivity index (χ3v) is 4.97. The van der Waals surface area contributed by atoms with Crippen LogP contribution in [0.2, 0.25) is 8.67 Å². The Morgan fingerprint density at radius 2 is 1.96 bits per heavy atom. The summed E-state index contributed by atoms with van der Waals surface area (Å²) in [6.07, 6.45) is 0. The third-order valence-electron chi connectivity index (χ3n) is 3.48. The minimum Gasteiger partial charge on any atom is -0.497 e. The van der Waals surface area contributed by atoms with E-state index < -0.39 is 0 Å². The summed E-state index contributed by atoms with van der Waals surface area (Å²) < 4.78 is 6.07. The van der Waals surface area contributed by atoms with Gasteiger partial charge in [-0.15, -0.1) is 11.3 Å². The fourth-order valence-electron chi connectivity index (χ4n) is 2.20. The maximum atomic E-state index is 12.3. The molecule has 0 saturated heterocycles. The normalized spacial score (nSPS) is 12.3. The quantitative estimate of drug-likeness (QED) is 0.829. The first-order chi connectivity index (χ1) is 10.9. The van der Waals surface area contributed by atoms with E-state index >= 15 is 0 Å². The molecule has 4 nitrogen and oxygen atoms in total. The monoisotopic (exact) mass is 372 g/mol. The second-order valence-electron chi connectivity index (χ2n) is 5.20. The highest BCUT2D eigenvalue weighted by molar-refractivity contribution is 7.20. The number of carbonyl (C=O) groups excluding carboxylic acids is 1. The van der Waals surface area contributed by atoms with Crippen molar-refractivity contribution in [2.75, 3.05) is 27.7 Å². The van der Waals surface area contributed by atoms with Gasteiger partial charge in [0.25, 0.3) is 5.91 Å². The van der Waals surface area contributed by atoms with Crippen molar-refractivity contribution in [2.24, 2.45) is 0 Å². The molecule has 1 amide bonds. The van der Waals surface area contributed by atoms with E-state index in [9.17, 15) is 4.79 Å². The number of hydrogen-bond acceptors (Lipinski definition) is 4. The molecule has 0 saturated carbocycles. The summed E-state index contributed by atoms with van der Waals surface area (Å²) in [6.45, 7) is 0.460. The molecule has 0 unspecified atom stereocenters. The fraction of sp³-hybridized carbons (Fsp3) is 0.312. The Kier molecular flexibility index (Phi) is 6.30. The van der Waals surface area contributed by atoms with E-state index in [1.54, 1.807) is 13.2 Å². The zero-order valence-electron chi connectivity index (χ0n) is 13.1. The molecule has 2 rings (SSSR count). The number of benzene rings is 1. The number of likely N-dealkylation sites (N-methyl/N-ethyl adjacent to an activating group) is 1. The lowest BCUT2D eigenvalue weighted by Gasteiger charge is -2.25. The summed E-state index contributed by atoms with van der Waals surface area (Å²) in [6, 6.07) is 9.42. The zero-order chi connectivity index (χ0) is 17.0. The predicted molar refractivity (Wildman–Crippen MR) is 96.1 cm³/mol. The number of thiophene rings is 1. The van der Waals surface area contributed by atoms with Crippen molar-refractivity contribution in [3.63, 3.8) is 0 Å². The molecular weight excluding hydrogens is 355 g/mol. The second-order valence-corrected chi connectivity index (χ2v) is 7.49. The number of methoxy groups -OCH3 is 1. The smallest absolute Gasteiger partial charge is 0.253 e. The van der Waals surface area contributed by atoms with E-state index in [1.165, 1.54) is 11.3 Å². The largest absolute Gasteiger partial charge is 0.497 e. The molecule has 0 spiro atoms. The number of rotatable bonds is 6. The van der Waals surface area contributed by atoms with Gasteiger partial charge in [0.2, 0.25) is 0 Å². The zero-order valence-corrected chi connectivity index (χ0v) is 15.4. The van der Waals surface area contributed by atoms with Gasteiger partial charge in [0, 0.05) is 6.54 Å². The van der Waals surface area contributed by atoms with Crippen molar-refractivity contribution in [1.82, 2.24) is 10.2 Å². The molecule has 1 aromatic heterocycles. The molecule has 1 aromatic carbocycles. The highest BCUT2D eigenvalue weighted by Gasteiger charge is 2.18. The van der Waals surface area contributed by atoms with Crippen molar-refractivity contribution in [3.05, 3.63) is 50.1 Å². The van der Waals surface area contributed by atoms with E-state index in [1.807, 2.05) is 43.3 Å². The van der Waals surface area contributed by atoms with Crippen molar-refractivity contribution < 1.29 is 9.53 Å². The van der Waals surface area contributed by atoms with Crippen LogP contribution in [-0.4, -0.2) is 38.6 Å². The predicted octanol–water partition coefficient (Wildman–Crippen LogP) is 4.10. The van der Waals surface area contributed by atoms with E-state index in [4.69, 9.17) is 27.9 Å². The summed E-state index contributed by atoms with van der Waals surface area (Å²) in [4.78, 5) is 14.3. The lowest BCUT2D eigenvalue weighted by atomic mass is 10.1. The summed E-state index contributed by atoms with van der Waals surface area (Å²) >= 11 is 13.1. The number of hydrogen-bond donors (Lipinski definition) is 1. The fourth-order valence-corrected chi connectivity index (χ4v) is 3.66. The van der Waals surface area contributed by atoms with Gasteiger partial charge >= 0.3 is 0 Å². The topological polar surface area (TPSA) is 41.6 Å². The van der Waals surface area contributed by atoms with Gasteiger partial charge < -0.3 is 15.0 Å². The summed E-state index contributed by atoms with van der Waals surface area (Å²) in [5.74, 6) is 0.577. The average molecular weight is 373 g/mol. The van der Waals surface area contributed by atoms with Crippen molar-refractivity contribution in [3.8, 4) is 5.75 Å². The lowest BCUT2D eigenvalue weighted by molar-refractivity contribution is 0.0942. The van der Waals surface area contributed by atoms with Crippen LogP contribution in [0.3, 0.4) is 0 Å². The van der Waals surface area contributed by atoms with Gasteiger partial charge in [-0.25, -0.2) is 0 Å². The van der Waals surface area contributed by atoms with Crippen LogP contribution in [0.25, 0.3) is 0 Å². The highest BCUT2D eigenvalue weighted by atomic mass is 35.5. The minimum atomic E-state index is -0.224. The van der Waals surface area contributed by atoms with E-state index in [-0.39, 0.29) is 11.9 Å². The molecule has 1 N–H and O–H groups in total. The van der Waals surface area contributed by atoms with Crippen LogP contribution >= 0.6 is 34.5 Å². The highest BCUT2D eigenvalue weighted by Crippen LogP contribution is 2.31. The van der Waals surface area contributed by atoms with E-state index in [0.29, 0.717) is 20.8 Å². The molecule has 0 fully saturated rings. The van der Waals surface area contributed by atoms with Crippen molar-refractivity contribution in [1.29, 1.82) is 0 Å². The van der Waals surface area contributed by atoms with Crippen LogP contribution in [0.4, 0.5) is 0 Å². The Hall–Kier alpha value is -1.27. The molecule has 1 atom stereocenters. The maximum Gasteiger partial charge on any atom is 0.253 e. The number of nitrogens with zero attached hydrogens (tertiary/aromatic N) is 1. The lowest BCUT2D eigenvalue weighted by Crippen LogP contribution is -2.34. The van der Waals surface area contributed by atoms with Gasteiger partial charge in [0.05, 0.1) is 23.1 Å². The molecule has 0 aliphatic rings. The molecule has 2 aromatic rings. The van der Waals surface area contributed by atoms with E-state index in [0.717, 1.165) is 11.3 Å². The van der Waals surface area contributed by atoms with Crippen LogP contribution in [0.1, 0.15) is 22.0 Å². The van der Waals surface area contributed by atoms with Crippen LogP contribution in [0, 0.1) is 0 Å². The van der Waals surface area contributed by atoms with Gasteiger partial charge in [-0.05, 0) is 37.9 Å². The first-order valence-corrected chi connectivity index (χ1v) is 8.53. The molecular formula is C16H18Cl2N2O2S. The molecule has 0 bridgehead atoms. The van der Waals surface area contributed by atoms with Gasteiger partial charge in [-0.1, -0.05) is 35.3 Å². The Bertz CT molecular complexity index is 671. The Labute approximate surface area is 150 Å². The van der Waals surface area contributed by atoms with Gasteiger partial charge in [0.15, 0.2) is 0 Å². The van der Waals surface area contributed by atoms with Gasteiger partial charge in [0.1, 0.15) is 10.1 Å². The first-order valence-electron chi connectivity index (χ1n) is 6.95. The summed E-state index contributed by atoms with van der Waals surface area (Å²) in [5.41, 5.74) is 1.50. The van der Waals surface area contributed by atoms with Crippen LogP contribution in [0.5, 0.6) is 5.75 Å². The van der Waals surface area contributed by atoms with Crippen molar-refractivity contribution >= 4 is 40.4 Å². The van der Waals surface area contributed by atoms with Crippen LogP contribution in [0.15, 0.2) is 30.3 Å². The Morgan fingerprint density at radius 3 is 2.43 bits per heavy atom. The molecule has 0 aliphatic heterocycles. The molecule has 0 radical (unpaired) electrons. The number of halogens is 2. The number of nitrogens with one attached hydrogen (secondary N) is 1. The van der Waals surface area contributed by atoms with Crippen molar-refractivity contribution in [2.45, 2.75) is 6.04 Å². The molecule has 0 aliphatic carbocycles. The number of ether oxygens (including phenoxy) is 1. The van der Waals surface area contributed by atoms with E-state index in [2.05, 4.69) is 5.32 Å². The Balaban J connectivity index is 2.07. The third kappa shape index (κ3) is 4.61.